The molecule has 1 N–H and O–H groups in total. The number of nitrogens with one attached hydrogen (secondary N) is 1. The predicted octanol–water partition coefficient (Wildman–Crippen LogP) is 3.33. The van der Waals surface area contributed by atoms with Gasteiger partial charge in [0.2, 0.25) is 11.8 Å². The van der Waals surface area contributed by atoms with Gasteiger partial charge in [-0.1, -0.05) is 23.8 Å². The number of esters is 1. The molecule has 2 bridgehead atoms. The monoisotopic (exact) mass is 432 g/mol. The van der Waals surface area contributed by atoms with E-state index in [0.717, 1.165) is 24.8 Å². The molecule has 5 rings (SSSR count). The Morgan fingerprint density at radius 2 is 1.66 bits per heavy atom. The average Bonchev–Trinajstić information content (AvgIpc) is 3.47. The molecule has 1 heterocycles. The van der Waals surface area contributed by atoms with Crippen molar-refractivity contribution in [1.82, 2.24) is 0 Å². The van der Waals surface area contributed by atoms with Crippen molar-refractivity contribution in [3.8, 4) is 0 Å². The molecule has 4 atom stereocenters. The van der Waals surface area contributed by atoms with Gasteiger partial charge in [0.1, 0.15) is 0 Å². The molecule has 0 radical (unpaired) electrons. The summed E-state index contributed by atoms with van der Waals surface area (Å²) in [6.45, 7) is 1.51. The Morgan fingerprint density at radius 1 is 1.00 bits per heavy atom. The number of nitrogens with zero attached hydrogens (tertiary/aromatic N) is 1. The summed E-state index contributed by atoms with van der Waals surface area (Å²) in [5, 5.41) is 2.67. The quantitative estimate of drug-likeness (QED) is 0.578. The number of rotatable bonds is 5. The average molecular weight is 432 g/mol. The zero-order valence-corrected chi connectivity index (χ0v) is 17.7. The van der Waals surface area contributed by atoms with E-state index in [1.165, 1.54) is 11.0 Å². The minimum atomic E-state index is -0.690. The maximum atomic E-state index is 13.0. The second-order valence-electron chi connectivity index (χ2n) is 8.94. The van der Waals surface area contributed by atoms with E-state index in [9.17, 15) is 19.2 Å². The summed E-state index contributed by atoms with van der Waals surface area (Å²) in [4.78, 5) is 51.9. The fourth-order valence-electron chi connectivity index (χ4n) is 5.48. The van der Waals surface area contributed by atoms with Crippen LogP contribution in [0.25, 0.3) is 0 Å². The van der Waals surface area contributed by atoms with Crippen molar-refractivity contribution in [3.63, 3.8) is 0 Å². The minimum absolute atomic E-state index is 0.157. The second-order valence-corrected chi connectivity index (χ2v) is 8.94. The largest absolute Gasteiger partial charge is 0.452 e. The van der Waals surface area contributed by atoms with Crippen LogP contribution in [0.4, 0.5) is 11.4 Å². The SMILES string of the molecule is Cc1ccc(NC(=O)COC(=O)c2cccc(N3C(=O)[C@H]4[C@H]5CC[C@@H](C5)[C@@H]4C3=O)c2)cc1. The lowest BCUT2D eigenvalue weighted by Gasteiger charge is -2.19. The van der Waals surface area contributed by atoms with E-state index < -0.39 is 18.5 Å². The number of aryl methyl sites for hydroxylation is 1. The standard InChI is InChI=1S/C25H24N2O5/c1-14-5-9-18(10-6-14)26-20(28)13-32-25(31)17-3-2-4-19(12-17)27-23(29)21-15-7-8-16(11-15)22(21)24(27)30/h2-6,9-10,12,15-16,21-22H,7-8,11,13H2,1H3,(H,26,28)/t15-,16-,21-,22-/m0/s1. The number of imide groups is 1. The van der Waals surface area contributed by atoms with Gasteiger partial charge in [-0.2, -0.15) is 0 Å². The lowest BCUT2D eigenvalue weighted by atomic mass is 9.81. The number of benzene rings is 2. The number of fused-ring (bicyclic) bond motifs is 5. The van der Waals surface area contributed by atoms with Crippen LogP contribution in [0.3, 0.4) is 0 Å². The highest BCUT2D eigenvalue weighted by atomic mass is 16.5. The lowest BCUT2D eigenvalue weighted by Crippen LogP contribution is -2.32. The maximum Gasteiger partial charge on any atom is 0.338 e. The van der Waals surface area contributed by atoms with E-state index in [4.69, 9.17) is 4.74 Å². The van der Waals surface area contributed by atoms with Crippen molar-refractivity contribution in [2.75, 3.05) is 16.8 Å². The molecule has 1 aliphatic heterocycles. The van der Waals surface area contributed by atoms with Crippen LogP contribution < -0.4 is 10.2 Å². The van der Waals surface area contributed by atoms with Gasteiger partial charge < -0.3 is 10.1 Å². The van der Waals surface area contributed by atoms with Crippen molar-refractivity contribution >= 4 is 35.1 Å². The number of hydrogen-bond donors (Lipinski definition) is 1. The number of ether oxygens (including phenoxy) is 1. The molecular formula is C25H24N2O5. The Labute approximate surface area is 185 Å². The van der Waals surface area contributed by atoms with Gasteiger partial charge in [0, 0.05) is 5.69 Å². The first-order chi connectivity index (χ1) is 15.4. The van der Waals surface area contributed by atoms with Crippen LogP contribution in [0.15, 0.2) is 48.5 Å². The number of carbonyl (C=O) groups is 4. The number of hydrogen-bond acceptors (Lipinski definition) is 5. The van der Waals surface area contributed by atoms with Crippen molar-refractivity contribution < 1.29 is 23.9 Å². The van der Waals surface area contributed by atoms with Gasteiger partial charge in [0.25, 0.3) is 5.91 Å². The fourth-order valence-corrected chi connectivity index (χ4v) is 5.48. The van der Waals surface area contributed by atoms with Crippen molar-refractivity contribution in [2.24, 2.45) is 23.7 Å². The molecule has 7 heteroatoms. The fraction of sp³-hybridized carbons (Fsp3) is 0.360. The van der Waals surface area contributed by atoms with E-state index in [1.54, 1.807) is 30.3 Å². The second kappa shape index (κ2) is 7.89. The molecule has 2 saturated carbocycles. The summed E-state index contributed by atoms with van der Waals surface area (Å²) in [5.74, 6) is -1.30. The topological polar surface area (TPSA) is 92.8 Å². The van der Waals surface area contributed by atoms with Crippen LogP contribution in [0.1, 0.15) is 35.2 Å². The molecule has 3 aliphatic rings. The number of amides is 3. The molecule has 2 aromatic rings. The van der Waals surface area contributed by atoms with Crippen LogP contribution in [-0.4, -0.2) is 30.3 Å². The van der Waals surface area contributed by atoms with E-state index in [2.05, 4.69) is 5.32 Å². The van der Waals surface area contributed by atoms with Crippen molar-refractivity contribution in [1.29, 1.82) is 0 Å². The van der Waals surface area contributed by atoms with Crippen LogP contribution in [-0.2, 0) is 19.1 Å². The number of carbonyl (C=O) groups excluding carboxylic acids is 4. The first-order valence-electron chi connectivity index (χ1n) is 10.9. The third kappa shape index (κ3) is 3.47. The molecule has 1 saturated heterocycles. The van der Waals surface area contributed by atoms with Gasteiger partial charge >= 0.3 is 5.97 Å². The number of anilines is 2. The third-order valence-corrected chi connectivity index (χ3v) is 6.94. The molecule has 7 nitrogen and oxygen atoms in total. The summed E-state index contributed by atoms with van der Waals surface area (Å²) < 4.78 is 5.14. The molecule has 3 fully saturated rings. The van der Waals surface area contributed by atoms with E-state index >= 15 is 0 Å². The van der Waals surface area contributed by atoms with Crippen LogP contribution in [0.5, 0.6) is 0 Å². The van der Waals surface area contributed by atoms with Gasteiger partial charge in [-0.05, 0) is 68.4 Å². The molecule has 3 amide bonds. The Balaban J connectivity index is 1.24. The summed E-state index contributed by atoms with van der Waals surface area (Å²) >= 11 is 0. The van der Waals surface area contributed by atoms with Gasteiger partial charge in [0.15, 0.2) is 6.61 Å². The van der Waals surface area contributed by atoms with Gasteiger partial charge in [0.05, 0.1) is 23.1 Å². The van der Waals surface area contributed by atoms with Crippen LogP contribution in [0, 0.1) is 30.6 Å². The van der Waals surface area contributed by atoms with Crippen molar-refractivity contribution in [2.45, 2.75) is 26.2 Å². The highest BCUT2D eigenvalue weighted by Gasteiger charge is 2.61. The van der Waals surface area contributed by atoms with Crippen molar-refractivity contribution in [3.05, 3.63) is 59.7 Å². The summed E-state index contributed by atoms with van der Waals surface area (Å²) in [7, 11) is 0. The predicted molar refractivity (Wildman–Crippen MR) is 117 cm³/mol. The molecular weight excluding hydrogens is 408 g/mol. The van der Waals surface area contributed by atoms with Gasteiger partial charge in [-0.3, -0.25) is 19.3 Å². The smallest absolute Gasteiger partial charge is 0.338 e. The Morgan fingerprint density at radius 3 is 2.31 bits per heavy atom. The molecule has 0 spiro atoms. The Bertz CT molecular complexity index is 1080. The molecule has 32 heavy (non-hydrogen) atoms. The first-order valence-corrected chi connectivity index (χ1v) is 10.9. The minimum Gasteiger partial charge on any atom is -0.452 e. The summed E-state index contributed by atoms with van der Waals surface area (Å²) in [5.41, 5.74) is 2.25. The van der Waals surface area contributed by atoms with Gasteiger partial charge in [-0.15, -0.1) is 0 Å². The first kappa shape index (κ1) is 20.4. The highest BCUT2D eigenvalue weighted by Crippen LogP contribution is 2.56. The highest BCUT2D eigenvalue weighted by molar-refractivity contribution is 6.22. The summed E-state index contributed by atoms with van der Waals surface area (Å²) in [6.07, 6.45) is 2.99. The Hall–Kier alpha value is -3.48. The molecule has 2 aromatic carbocycles. The van der Waals surface area contributed by atoms with E-state index in [-0.39, 0.29) is 29.2 Å². The molecule has 0 unspecified atom stereocenters. The molecule has 164 valence electrons. The zero-order valence-electron chi connectivity index (χ0n) is 17.7. The lowest BCUT2D eigenvalue weighted by molar-refractivity contribution is -0.123. The van der Waals surface area contributed by atoms with Gasteiger partial charge in [-0.25, -0.2) is 4.79 Å². The van der Waals surface area contributed by atoms with E-state index in [0.29, 0.717) is 23.2 Å². The zero-order chi connectivity index (χ0) is 22.4. The molecule has 0 aromatic heterocycles. The third-order valence-electron chi connectivity index (χ3n) is 6.94. The maximum absolute atomic E-state index is 13.0. The van der Waals surface area contributed by atoms with Crippen LogP contribution >= 0.6 is 0 Å². The molecule has 2 aliphatic carbocycles. The Kier molecular flexibility index (Phi) is 5.04. The van der Waals surface area contributed by atoms with E-state index in [1.807, 2.05) is 19.1 Å². The normalized spacial score (nSPS) is 25.7. The van der Waals surface area contributed by atoms with Crippen LogP contribution in [0.2, 0.25) is 0 Å². The summed E-state index contributed by atoms with van der Waals surface area (Å²) in [6, 6.07) is 13.6.